The number of nitrogens with zero attached hydrogens (tertiary/aromatic N) is 2. The van der Waals surface area contributed by atoms with E-state index in [9.17, 15) is 9.90 Å². The van der Waals surface area contributed by atoms with Crippen molar-refractivity contribution in [2.24, 2.45) is 5.92 Å². The highest BCUT2D eigenvalue weighted by molar-refractivity contribution is 6.36. The van der Waals surface area contributed by atoms with Crippen molar-refractivity contribution in [3.8, 4) is 0 Å². The molecule has 1 aliphatic rings. The Hall–Kier alpha value is -0.810. The molecule has 22 heavy (non-hydrogen) atoms. The van der Waals surface area contributed by atoms with Crippen LogP contribution in [0, 0.1) is 5.92 Å². The average Bonchev–Trinajstić information content (AvgIpc) is 2.43. The molecule has 1 N–H and O–H groups in total. The summed E-state index contributed by atoms with van der Waals surface area (Å²) in [6.45, 7) is 8.55. The van der Waals surface area contributed by atoms with Gasteiger partial charge in [-0.1, -0.05) is 43.1 Å². The van der Waals surface area contributed by atoms with Crippen molar-refractivity contribution in [2.45, 2.75) is 19.9 Å². The molecule has 0 bridgehead atoms. The summed E-state index contributed by atoms with van der Waals surface area (Å²) < 4.78 is 0. The molecule has 0 saturated carbocycles. The predicted octanol–water partition coefficient (Wildman–Crippen LogP) is 3.39. The van der Waals surface area contributed by atoms with Gasteiger partial charge in [-0.2, -0.15) is 0 Å². The maximum absolute atomic E-state index is 11.8. The van der Waals surface area contributed by atoms with Crippen LogP contribution in [0.2, 0.25) is 10.0 Å². The summed E-state index contributed by atoms with van der Waals surface area (Å²) in [5.41, 5.74) is 0.496. The van der Waals surface area contributed by atoms with Crippen LogP contribution < -0.4 is 0 Å². The zero-order valence-electron chi connectivity index (χ0n) is 12.9. The van der Waals surface area contributed by atoms with Crippen molar-refractivity contribution in [1.29, 1.82) is 0 Å². The highest BCUT2D eigenvalue weighted by Crippen LogP contribution is 2.34. The number of piperazine rings is 1. The maximum Gasteiger partial charge on any atom is 0.325 e. The molecule has 0 aromatic heterocycles. The Labute approximate surface area is 141 Å². The number of aliphatic carboxylic acids is 1. The minimum atomic E-state index is -0.910. The molecule has 0 radical (unpaired) electrons. The Morgan fingerprint density at radius 1 is 1.18 bits per heavy atom. The highest BCUT2D eigenvalue weighted by atomic mass is 35.5. The minimum absolute atomic E-state index is 0.407. The van der Waals surface area contributed by atoms with Crippen LogP contribution in [0.5, 0.6) is 0 Å². The third-order valence-corrected chi connectivity index (χ3v) is 4.56. The SMILES string of the molecule is CC(C)CN1CCN(C(C(=O)O)c2c(Cl)cccc2Cl)CC1. The number of hydrogen-bond donors (Lipinski definition) is 1. The molecule has 1 aromatic carbocycles. The van der Waals surface area contributed by atoms with E-state index in [4.69, 9.17) is 23.2 Å². The van der Waals surface area contributed by atoms with Gasteiger partial charge in [0, 0.05) is 48.3 Å². The summed E-state index contributed by atoms with van der Waals surface area (Å²) in [6, 6.07) is 4.32. The van der Waals surface area contributed by atoms with E-state index in [1.807, 2.05) is 4.90 Å². The van der Waals surface area contributed by atoms with Crippen molar-refractivity contribution in [1.82, 2.24) is 9.80 Å². The van der Waals surface area contributed by atoms with Gasteiger partial charge in [-0.05, 0) is 18.1 Å². The third kappa shape index (κ3) is 4.13. The van der Waals surface area contributed by atoms with Crippen LogP contribution in [0.3, 0.4) is 0 Å². The topological polar surface area (TPSA) is 43.8 Å². The molecule has 1 aromatic rings. The molecular formula is C16H22Cl2N2O2. The standard InChI is InChI=1S/C16H22Cl2N2O2/c1-11(2)10-19-6-8-20(9-7-19)15(16(21)22)14-12(17)4-3-5-13(14)18/h3-5,11,15H,6-10H2,1-2H3,(H,21,22). The molecule has 1 heterocycles. The number of hydrogen-bond acceptors (Lipinski definition) is 3. The van der Waals surface area contributed by atoms with Crippen LogP contribution in [-0.2, 0) is 4.79 Å². The van der Waals surface area contributed by atoms with E-state index in [1.165, 1.54) is 0 Å². The average molecular weight is 345 g/mol. The smallest absolute Gasteiger partial charge is 0.325 e. The van der Waals surface area contributed by atoms with Crippen molar-refractivity contribution in [3.63, 3.8) is 0 Å². The lowest BCUT2D eigenvalue weighted by Crippen LogP contribution is -2.50. The summed E-state index contributed by atoms with van der Waals surface area (Å²) in [6.07, 6.45) is 0. The van der Waals surface area contributed by atoms with E-state index in [0.717, 1.165) is 19.6 Å². The Bertz CT molecular complexity index is 509. The second-order valence-electron chi connectivity index (χ2n) is 6.11. The van der Waals surface area contributed by atoms with E-state index in [0.29, 0.717) is 34.6 Å². The van der Waals surface area contributed by atoms with Crippen molar-refractivity contribution in [3.05, 3.63) is 33.8 Å². The van der Waals surface area contributed by atoms with Crippen LogP contribution in [0.15, 0.2) is 18.2 Å². The molecule has 6 heteroatoms. The van der Waals surface area contributed by atoms with Crippen LogP contribution in [0.4, 0.5) is 0 Å². The van der Waals surface area contributed by atoms with Crippen LogP contribution >= 0.6 is 23.2 Å². The normalized spacial score (nSPS) is 18.6. The first-order valence-corrected chi connectivity index (χ1v) is 8.29. The Morgan fingerprint density at radius 2 is 1.73 bits per heavy atom. The fourth-order valence-corrected chi connectivity index (χ4v) is 3.56. The van der Waals surface area contributed by atoms with Crippen LogP contribution in [-0.4, -0.2) is 53.6 Å². The van der Waals surface area contributed by atoms with E-state index in [2.05, 4.69) is 18.7 Å². The molecule has 122 valence electrons. The Balaban J connectivity index is 2.16. The first-order valence-electron chi connectivity index (χ1n) is 7.53. The van der Waals surface area contributed by atoms with Gasteiger partial charge in [0.05, 0.1) is 0 Å². The van der Waals surface area contributed by atoms with E-state index < -0.39 is 12.0 Å². The molecule has 2 rings (SSSR count). The molecular weight excluding hydrogens is 323 g/mol. The first kappa shape index (κ1) is 17.5. The van der Waals surface area contributed by atoms with Crippen molar-refractivity contribution < 1.29 is 9.90 Å². The lowest BCUT2D eigenvalue weighted by atomic mass is 10.0. The van der Waals surface area contributed by atoms with Crippen molar-refractivity contribution in [2.75, 3.05) is 32.7 Å². The Morgan fingerprint density at radius 3 is 2.18 bits per heavy atom. The minimum Gasteiger partial charge on any atom is -0.480 e. The molecule has 0 amide bonds. The van der Waals surface area contributed by atoms with Gasteiger partial charge in [0.1, 0.15) is 6.04 Å². The van der Waals surface area contributed by atoms with Gasteiger partial charge in [-0.15, -0.1) is 0 Å². The monoisotopic (exact) mass is 344 g/mol. The summed E-state index contributed by atoms with van der Waals surface area (Å²) in [7, 11) is 0. The molecule has 4 nitrogen and oxygen atoms in total. The quantitative estimate of drug-likeness (QED) is 0.888. The molecule has 1 fully saturated rings. The predicted molar refractivity (Wildman–Crippen MR) is 89.7 cm³/mol. The van der Waals surface area contributed by atoms with E-state index >= 15 is 0 Å². The number of carbonyl (C=O) groups is 1. The zero-order chi connectivity index (χ0) is 16.3. The van der Waals surface area contributed by atoms with Crippen molar-refractivity contribution >= 4 is 29.2 Å². The third-order valence-electron chi connectivity index (χ3n) is 3.90. The highest BCUT2D eigenvalue weighted by Gasteiger charge is 2.33. The number of carboxylic acids is 1. The number of halogens is 2. The molecule has 1 aliphatic heterocycles. The van der Waals surface area contributed by atoms with Gasteiger partial charge in [-0.25, -0.2) is 0 Å². The van der Waals surface area contributed by atoms with Gasteiger partial charge >= 0.3 is 5.97 Å². The number of rotatable bonds is 5. The fraction of sp³-hybridized carbons (Fsp3) is 0.562. The van der Waals surface area contributed by atoms with E-state index in [-0.39, 0.29) is 0 Å². The van der Waals surface area contributed by atoms with E-state index in [1.54, 1.807) is 18.2 Å². The second kappa shape index (κ2) is 7.64. The second-order valence-corrected chi connectivity index (χ2v) is 6.92. The largest absolute Gasteiger partial charge is 0.480 e. The summed E-state index contributed by atoms with van der Waals surface area (Å²) in [4.78, 5) is 16.1. The first-order chi connectivity index (χ1) is 10.4. The van der Waals surface area contributed by atoms with Gasteiger partial charge < -0.3 is 10.0 Å². The lowest BCUT2D eigenvalue weighted by molar-refractivity contribution is -0.144. The molecule has 0 aliphatic carbocycles. The lowest BCUT2D eigenvalue weighted by Gasteiger charge is -2.38. The number of carboxylic acid groups (broad SMARTS) is 1. The van der Waals surface area contributed by atoms with Gasteiger partial charge in [-0.3, -0.25) is 9.69 Å². The van der Waals surface area contributed by atoms with Gasteiger partial charge in [0.25, 0.3) is 0 Å². The summed E-state index contributed by atoms with van der Waals surface area (Å²) in [5, 5.41) is 10.5. The Kier molecular flexibility index (Phi) is 6.09. The van der Waals surface area contributed by atoms with Gasteiger partial charge in [0.2, 0.25) is 0 Å². The molecule has 0 spiro atoms. The molecule has 1 unspecified atom stereocenters. The number of benzene rings is 1. The fourth-order valence-electron chi connectivity index (χ4n) is 2.95. The molecule has 1 atom stereocenters. The van der Waals surface area contributed by atoms with Gasteiger partial charge in [0.15, 0.2) is 0 Å². The van der Waals surface area contributed by atoms with Crippen LogP contribution in [0.25, 0.3) is 0 Å². The maximum atomic E-state index is 11.8. The van der Waals surface area contributed by atoms with Crippen LogP contribution in [0.1, 0.15) is 25.5 Å². The zero-order valence-corrected chi connectivity index (χ0v) is 14.4. The summed E-state index contributed by atoms with van der Waals surface area (Å²) in [5.74, 6) is -0.299. The molecule has 1 saturated heterocycles. The summed E-state index contributed by atoms with van der Waals surface area (Å²) >= 11 is 12.4.